The summed E-state index contributed by atoms with van der Waals surface area (Å²) in [5, 5.41) is 20.4. The molecule has 0 amide bonds. The van der Waals surface area contributed by atoms with Gasteiger partial charge in [-0.2, -0.15) is 0 Å². The molecule has 0 saturated carbocycles. The minimum absolute atomic E-state index is 0. The van der Waals surface area contributed by atoms with Crippen molar-refractivity contribution < 1.29 is 36.9 Å². The first-order valence-corrected chi connectivity index (χ1v) is 17.9. The number of carbonyl (C=O) groups is 2. The molecule has 4 nitrogen and oxygen atoms in total. The van der Waals surface area contributed by atoms with E-state index in [4.69, 9.17) is 0 Å². The third-order valence-corrected chi connectivity index (χ3v) is 7.97. The molecule has 0 saturated heterocycles. The van der Waals surface area contributed by atoms with E-state index in [2.05, 4.69) is 13.8 Å². The summed E-state index contributed by atoms with van der Waals surface area (Å²) in [6.07, 6.45) is 39.7. The summed E-state index contributed by atoms with van der Waals surface area (Å²) in [4.78, 5) is 20.4. The van der Waals surface area contributed by atoms with Crippen LogP contribution < -0.4 is 10.2 Å². The molecule has 0 atom stereocenters. The van der Waals surface area contributed by atoms with Gasteiger partial charge in [-0.1, -0.05) is 194 Å². The zero-order valence-electron chi connectivity index (χ0n) is 27.6. The predicted molar refractivity (Wildman–Crippen MR) is 169 cm³/mol. The smallest absolute Gasteiger partial charge is 0.0414 e. The number of unbranched alkanes of at least 4 members (excludes halogenated alkanes) is 28. The van der Waals surface area contributed by atoms with E-state index in [0.717, 1.165) is 25.7 Å². The molecule has 0 aromatic heterocycles. The van der Waals surface area contributed by atoms with E-state index < -0.39 is 11.9 Å². The zero-order valence-corrected chi connectivity index (χ0v) is 28.8. The van der Waals surface area contributed by atoms with E-state index >= 15 is 0 Å². The summed E-state index contributed by atoms with van der Waals surface area (Å²) in [5.74, 6) is -1.81. The number of rotatable bonds is 32. The first-order chi connectivity index (χ1) is 19.5. The molecule has 0 rings (SSSR count). The molecule has 0 spiro atoms. The molecular weight excluding hydrogens is 551 g/mol. The number of carboxylic acid groups (broad SMARTS) is 2. The maximum atomic E-state index is 10.2. The molecule has 1 radical (unpaired) electrons. The van der Waals surface area contributed by atoms with Crippen LogP contribution in [0.2, 0.25) is 0 Å². The zero-order chi connectivity index (χ0) is 29.8. The summed E-state index contributed by atoms with van der Waals surface area (Å²) in [6, 6.07) is 0. The number of hydrogen-bond donors (Lipinski definition) is 0. The van der Waals surface area contributed by atoms with Gasteiger partial charge in [0, 0.05) is 29.0 Å². The van der Waals surface area contributed by atoms with Gasteiger partial charge in [-0.15, -0.1) is 0 Å². The Kier molecular flexibility index (Phi) is 45.5. The number of aliphatic carboxylic acids is 2. The molecule has 0 fully saturated rings. The van der Waals surface area contributed by atoms with Crippen molar-refractivity contribution in [3.63, 3.8) is 0 Å². The van der Waals surface area contributed by atoms with Gasteiger partial charge in [0.05, 0.1) is 0 Å². The van der Waals surface area contributed by atoms with Crippen LogP contribution in [0.5, 0.6) is 0 Å². The molecule has 0 bridgehead atoms. The Balaban J connectivity index is -0.000000688. The summed E-state index contributed by atoms with van der Waals surface area (Å²) in [6.45, 7) is 4.53. The van der Waals surface area contributed by atoms with Gasteiger partial charge < -0.3 is 19.8 Å². The first-order valence-electron chi connectivity index (χ1n) is 17.9. The van der Waals surface area contributed by atoms with Gasteiger partial charge in [-0.05, 0) is 25.7 Å². The summed E-state index contributed by atoms with van der Waals surface area (Å²) >= 11 is 0. The van der Waals surface area contributed by atoms with Crippen LogP contribution in [0.3, 0.4) is 0 Å². The molecule has 5 heteroatoms. The van der Waals surface area contributed by atoms with E-state index in [0.29, 0.717) is 0 Å². The van der Waals surface area contributed by atoms with Crippen molar-refractivity contribution in [3.05, 3.63) is 0 Å². The maximum absolute atomic E-state index is 10.2. The molecule has 0 aromatic carbocycles. The van der Waals surface area contributed by atoms with Crippen LogP contribution in [0, 0.1) is 0 Å². The van der Waals surface area contributed by atoms with Crippen LogP contribution in [-0.4, -0.2) is 11.9 Å². The van der Waals surface area contributed by atoms with E-state index in [1.54, 1.807) is 0 Å². The van der Waals surface area contributed by atoms with Crippen LogP contribution >= 0.6 is 0 Å². The quantitative estimate of drug-likeness (QED) is 0.0553. The van der Waals surface area contributed by atoms with Crippen molar-refractivity contribution in [2.24, 2.45) is 0 Å². The average molecular weight is 622 g/mol. The van der Waals surface area contributed by atoms with E-state index in [1.807, 2.05) is 0 Å². The van der Waals surface area contributed by atoms with Gasteiger partial charge in [0.15, 0.2) is 0 Å². The second kappa shape index (κ2) is 41.6. The Labute approximate surface area is 267 Å². The fourth-order valence-electron chi connectivity index (χ4n) is 5.28. The van der Waals surface area contributed by atoms with Gasteiger partial charge in [-0.25, -0.2) is 0 Å². The standard InChI is InChI=1S/2C18H36O2.Mn/c2*1-2-3-4-5-6-7-8-9-10-11-12-13-14-15-16-17-18(19)20;/h2*2-17H2,1H3,(H,19,20);/p-2. The molecule has 0 aliphatic heterocycles. The molecular formula is C36H70MnO4-2. The van der Waals surface area contributed by atoms with Crippen molar-refractivity contribution in [2.45, 2.75) is 219 Å². The Morgan fingerprint density at radius 2 is 0.463 bits per heavy atom. The molecule has 0 heterocycles. The fraction of sp³-hybridized carbons (Fsp3) is 0.944. The second-order valence-corrected chi connectivity index (χ2v) is 12.1. The normalized spacial score (nSPS) is 10.6. The van der Waals surface area contributed by atoms with Crippen LogP contribution in [-0.2, 0) is 26.7 Å². The van der Waals surface area contributed by atoms with Crippen LogP contribution in [0.15, 0.2) is 0 Å². The Bertz CT molecular complexity index is 454. The molecule has 0 aromatic rings. The monoisotopic (exact) mass is 621 g/mol. The minimum Gasteiger partial charge on any atom is -0.550 e. The Morgan fingerprint density at radius 1 is 0.317 bits per heavy atom. The van der Waals surface area contributed by atoms with Gasteiger partial charge >= 0.3 is 0 Å². The van der Waals surface area contributed by atoms with Gasteiger partial charge in [0.1, 0.15) is 0 Å². The van der Waals surface area contributed by atoms with Crippen molar-refractivity contribution in [3.8, 4) is 0 Å². The van der Waals surface area contributed by atoms with Crippen molar-refractivity contribution in [2.75, 3.05) is 0 Å². The Morgan fingerprint density at radius 3 is 0.610 bits per heavy atom. The van der Waals surface area contributed by atoms with Crippen molar-refractivity contribution in [1.29, 1.82) is 0 Å². The van der Waals surface area contributed by atoms with Crippen LogP contribution in [0.25, 0.3) is 0 Å². The average Bonchev–Trinajstić information content (AvgIpc) is 2.93. The molecule has 41 heavy (non-hydrogen) atoms. The SMILES string of the molecule is CCCCCCCCCCCCCCCCCC(=O)[O-].CCCCCCCCCCCCCCCCCC(=O)[O-].[Mn]. The molecule has 0 aliphatic carbocycles. The Hall–Kier alpha value is -0.541. The van der Waals surface area contributed by atoms with Crippen LogP contribution in [0.4, 0.5) is 0 Å². The van der Waals surface area contributed by atoms with Gasteiger partial charge in [-0.3, -0.25) is 0 Å². The van der Waals surface area contributed by atoms with Crippen LogP contribution in [0.1, 0.15) is 219 Å². The third-order valence-electron chi connectivity index (χ3n) is 7.97. The van der Waals surface area contributed by atoms with Crippen molar-refractivity contribution in [1.82, 2.24) is 0 Å². The number of carbonyl (C=O) groups excluding carboxylic acids is 2. The maximum Gasteiger partial charge on any atom is 0.0414 e. The summed E-state index contributed by atoms with van der Waals surface area (Å²) in [7, 11) is 0. The molecule has 0 N–H and O–H groups in total. The molecule has 0 unspecified atom stereocenters. The topological polar surface area (TPSA) is 80.3 Å². The first kappa shape index (κ1) is 44.9. The van der Waals surface area contributed by atoms with E-state index in [9.17, 15) is 19.8 Å². The van der Waals surface area contributed by atoms with E-state index in [1.165, 1.54) is 167 Å². The predicted octanol–water partition coefficient (Wildman–Crippen LogP) is 9.99. The summed E-state index contributed by atoms with van der Waals surface area (Å²) in [5.41, 5.74) is 0. The van der Waals surface area contributed by atoms with Gasteiger partial charge in [0.25, 0.3) is 0 Å². The fourth-order valence-corrected chi connectivity index (χ4v) is 5.28. The second-order valence-electron chi connectivity index (χ2n) is 12.1. The van der Waals surface area contributed by atoms with Gasteiger partial charge in [0.2, 0.25) is 0 Å². The van der Waals surface area contributed by atoms with E-state index in [-0.39, 0.29) is 29.9 Å². The summed E-state index contributed by atoms with van der Waals surface area (Å²) < 4.78 is 0. The number of carboxylic acids is 2. The molecule has 0 aliphatic rings. The van der Waals surface area contributed by atoms with Crippen molar-refractivity contribution >= 4 is 11.9 Å². The number of hydrogen-bond acceptors (Lipinski definition) is 4. The molecule has 247 valence electrons. The third kappa shape index (κ3) is 49.5. The minimum atomic E-state index is -0.903. The largest absolute Gasteiger partial charge is 0.550 e.